The van der Waals surface area contributed by atoms with Crippen LogP contribution in [0.2, 0.25) is 0 Å². The van der Waals surface area contributed by atoms with Crippen molar-refractivity contribution in [1.29, 1.82) is 0 Å². The molecule has 3 aromatic rings. The molecule has 1 amide bonds. The molecule has 3 rings (SSSR count). The van der Waals surface area contributed by atoms with Crippen molar-refractivity contribution >= 4 is 34.8 Å². The molecule has 150 valence electrons. The first kappa shape index (κ1) is 22.2. The zero-order valence-electron chi connectivity index (χ0n) is 15.9. The van der Waals surface area contributed by atoms with E-state index in [4.69, 9.17) is 6.42 Å². The van der Waals surface area contributed by atoms with Crippen LogP contribution in [-0.2, 0) is 4.79 Å². The van der Waals surface area contributed by atoms with Gasteiger partial charge in [-0.1, -0.05) is 36.3 Å². The molecule has 7 heteroatoms. The van der Waals surface area contributed by atoms with Gasteiger partial charge in [0.15, 0.2) is 0 Å². The molecule has 2 aromatic carbocycles. The zero-order valence-corrected chi connectivity index (χ0v) is 16.7. The van der Waals surface area contributed by atoms with Crippen molar-refractivity contribution < 1.29 is 4.79 Å². The minimum Gasteiger partial charge on any atom is -0.326 e. The Bertz CT molecular complexity index is 1070. The normalized spacial score (nSPS) is 10.2. The Morgan fingerprint density at radius 3 is 2.69 bits per heavy atom. The van der Waals surface area contributed by atoms with Crippen LogP contribution >= 0.6 is 12.4 Å². The predicted octanol–water partition coefficient (Wildman–Crippen LogP) is 3.34. The zero-order chi connectivity index (χ0) is 19.8. The lowest BCUT2D eigenvalue weighted by atomic mass is 10.0. The van der Waals surface area contributed by atoms with Gasteiger partial charge in [0.1, 0.15) is 0 Å². The first-order valence-corrected chi connectivity index (χ1v) is 9.21. The quantitative estimate of drug-likeness (QED) is 0.392. The Balaban J connectivity index is 0.00000300. The number of nitrogens with zero attached hydrogens (tertiary/aromatic N) is 1. The molecule has 0 aliphatic heterocycles. The van der Waals surface area contributed by atoms with Crippen molar-refractivity contribution in [3.63, 3.8) is 0 Å². The van der Waals surface area contributed by atoms with Crippen molar-refractivity contribution in [2.24, 2.45) is 0 Å². The fourth-order valence-electron chi connectivity index (χ4n) is 3.00. The third-order valence-electron chi connectivity index (χ3n) is 4.35. The monoisotopic (exact) mass is 410 g/mol. The molecule has 0 saturated carbocycles. The Kier molecular flexibility index (Phi) is 8.41. The smallest absolute Gasteiger partial charge is 0.272 e. The van der Waals surface area contributed by atoms with E-state index < -0.39 is 0 Å². The van der Waals surface area contributed by atoms with Crippen LogP contribution < -0.4 is 16.2 Å². The number of unbranched alkanes of at least 4 members (excludes halogenated alkanes) is 1. The standard InChI is InChI=1S/C22H22N4O2.ClH/c1-2-13-23-14-6-5-12-20(27)24-17-9-7-8-16(15-17)21-18-10-3-4-11-19(18)22(28)26-25-21;/h1,3-4,7-11,15,23H,5-6,12-14H2,(H,24,27)(H,26,28);1H. The molecule has 0 radical (unpaired) electrons. The van der Waals surface area contributed by atoms with Crippen LogP contribution in [-0.4, -0.2) is 29.2 Å². The van der Waals surface area contributed by atoms with E-state index in [1.807, 2.05) is 42.5 Å². The van der Waals surface area contributed by atoms with Gasteiger partial charge < -0.3 is 10.6 Å². The van der Waals surface area contributed by atoms with E-state index in [0.717, 1.165) is 30.3 Å². The van der Waals surface area contributed by atoms with E-state index in [9.17, 15) is 9.59 Å². The number of hydrogen-bond donors (Lipinski definition) is 3. The fourth-order valence-corrected chi connectivity index (χ4v) is 3.00. The summed E-state index contributed by atoms with van der Waals surface area (Å²) in [6, 6.07) is 14.8. The minimum absolute atomic E-state index is 0. The van der Waals surface area contributed by atoms with Crippen molar-refractivity contribution in [2.75, 3.05) is 18.4 Å². The lowest BCUT2D eigenvalue weighted by molar-refractivity contribution is -0.116. The van der Waals surface area contributed by atoms with Crippen molar-refractivity contribution in [1.82, 2.24) is 15.5 Å². The summed E-state index contributed by atoms with van der Waals surface area (Å²) >= 11 is 0. The number of hydrogen-bond acceptors (Lipinski definition) is 4. The summed E-state index contributed by atoms with van der Waals surface area (Å²) in [6.45, 7) is 1.35. The molecular weight excluding hydrogens is 388 g/mol. The van der Waals surface area contributed by atoms with Crippen LogP contribution in [0.4, 0.5) is 5.69 Å². The molecule has 1 aromatic heterocycles. The van der Waals surface area contributed by atoms with E-state index in [0.29, 0.717) is 29.7 Å². The van der Waals surface area contributed by atoms with Gasteiger partial charge >= 0.3 is 0 Å². The number of terminal acetylenes is 1. The molecule has 0 unspecified atom stereocenters. The van der Waals surface area contributed by atoms with E-state index in [1.54, 1.807) is 6.07 Å². The third-order valence-corrected chi connectivity index (χ3v) is 4.35. The number of H-pyrrole nitrogens is 1. The van der Waals surface area contributed by atoms with Crippen LogP contribution in [0, 0.1) is 12.3 Å². The highest BCUT2D eigenvalue weighted by Gasteiger charge is 2.09. The van der Waals surface area contributed by atoms with Gasteiger partial charge in [-0.3, -0.25) is 9.59 Å². The number of carbonyl (C=O) groups is 1. The number of carbonyl (C=O) groups excluding carboxylic acids is 1. The summed E-state index contributed by atoms with van der Waals surface area (Å²) < 4.78 is 0. The maximum Gasteiger partial charge on any atom is 0.272 e. The average Bonchev–Trinajstić information content (AvgIpc) is 2.71. The van der Waals surface area contributed by atoms with E-state index in [2.05, 4.69) is 26.8 Å². The van der Waals surface area contributed by atoms with E-state index in [-0.39, 0.29) is 23.9 Å². The summed E-state index contributed by atoms with van der Waals surface area (Å²) in [4.78, 5) is 24.1. The molecule has 0 aliphatic carbocycles. The molecule has 6 nitrogen and oxygen atoms in total. The summed E-state index contributed by atoms with van der Waals surface area (Å²) in [5, 5.41) is 14.1. The number of fused-ring (bicyclic) bond motifs is 1. The first-order chi connectivity index (χ1) is 13.7. The summed E-state index contributed by atoms with van der Waals surface area (Å²) in [5.41, 5.74) is 1.97. The Morgan fingerprint density at radius 2 is 1.90 bits per heavy atom. The maximum absolute atomic E-state index is 12.2. The SMILES string of the molecule is C#CCNCCCCC(=O)Nc1cccc(-c2n[nH]c(=O)c3ccccc23)c1.Cl. The number of halogens is 1. The van der Waals surface area contributed by atoms with Gasteiger partial charge in [0.2, 0.25) is 5.91 Å². The lowest BCUT2D eigenvalue weighted by Crippen LogP contribution is -2.16. The molecule has 3 N–H and O–H groups in total. The highest BCUT2D eigenvalue weighted by atomic mass is 35.5. The second kappa shape index (κ2) is 11.0. The van der Waals surface area contributed by atoms with Gasteiger partial charge in [-0.05, 0) is 37.6 Å². The topological polar surface area (TPSA) is 86.9 Å². The molecule has 1 heterocycles. The second-order valence-electron chi connectivity index (χ2n) is 6.41. The molecule has 0 spiro atoms. The van der Waals surface area contributed by atoms with Crippen LogP contribution in [0.15, 0.2) is 53.3 Å². The number of aromatic nitrogens is 2. The molecular formula is C22H23ClN4O2. The highest BCUT2D eigenvalue weighted by molar-refractivity contribution is 5.95. The van der Waals surface area contributed by atoms with Crippen molar-refractivity contribution in [3.8, 4) is 23.6 Å². The maximum atomic E-state index is 12.2. The van der Waals surface area contributed by atoms with Crippen LogP contribution in [0.5, 0.6) is 0 Å². The van der Waals surface area contributed by atoms with E-state index >= 15 is 0 Å². The Morgan fingerprint density at radius 1 is 1.10 bits per heavy atom. The Labute approximate surface area is 175 Å². The molecule has 0 atom stereocenters. The summed E-state index contributed by atoms with van der Waals surface area (Å²) in [5.74, 6) is 2.48. The number of anilines is 1. The van der Waals surface area contributed by atoms with Gasteiger partial charge in [-0.15, -0.1) is 18.8 Å². The third kappa shape index (κ3) is 5.92. The molecule has 29 heavy (non-hydrogen) atoms. The summed E-state index contributed by atoms with van der Waals surface area (Å²) in [6.07, 6.45) is 7.30. The predicted molar refractivity (Wildman–Crippen MR) is 119 cm³/mol. The van der Waals surface area contributed by atoms with Gasteiger partial charge in [0, 0.05) is 23.1 Å². The highest BCUT2D eigenvalue weighted by Crippen LogP contribution is 2.26. The van der Waals surface area contributed by atoms with Crippen LogP contribution in [0.3, 0.4) is 0 Å². The lowest BCUT2D eigenvalue weighted by Gasteiger charge is -2.09. The largest absolute Gasteiger partial charge is 0.326 e. The first-order valence-electron chi connectivity index (χ1n) is 9.21. The molecule has 0 saturated heterocycles. The van der Waals surface area contributed by atoms with Gasteiger partial charge in [-0.25, -0.2) is 5.10 Å². The molecule has 0 fully saturated rings. The number of amides is 1. The van der Waals surface area contributed by atoms with Crippen molar-refractivity contribution in [2.45, 2.75) is 19.3 Å². The number of aromatic amines is 1. The fraction of sp³-hybridized carbons (Fsp3) is 0.227. The van der Waals surface area contributed by atoms with Gasteiger partial charge in [0.25, 0.3) is 5.56 Å². The molecule has 0 aliphatic rings. The van der Waals surface area contributed by atoms with Gasteiger partial charge in [-0.2, -0.15) is 5.10 Å². The average molecular weight is 411 g/mol. The minimum atomic E-state index is -0.222. The summed E-state index contributed by atoms with van der Waals surface area (Å²) in [7, 11) is 0. The van der Waals surface area contributed by atoms with E-state index in [1.165, 1.54) is 0 Å². The Hall–Kier alpha value is -3.14. The van der Waals surface area contributed by atoms with Crippen LogP contribution in [0.25, 0.3) is 22.0 Å². The van der Waals surface area contributed by atoms with Gasteiger partial charge in [0.05, 0.1) is 17.6 Å². The van der Waals surface area contributed by atoms with Crippen LogP contribution in [0.1, 0.15) is 19.3 Å². The second-order valence-corrected chi connectivity index (χ2v) is 6.41. The number of nitrogens with one attached hydrogen (secondary N) is 3. The molecule has 0 bridgehead atoms. The number of benzene rings is 2. The number of rotatable bonds is 8. The van der Waals surface area contributed by atoms with Crippen molar-refractivity contribution in [3.05, 3.63) is 58.9 Å².